The van der Waals surface area contributed by atoms with Crippen LogP contribution in [0.4, 0.5) is 0 Å². The van der Waals surface area contributed by atoms with Crippen molar-refractivity contribution in [2.45, 2.75) is 0 Å². The van der Waals surface area contributed by atoms with Gasteiger partial charge in [0.1, 0.15) is 0 Å². The van der Waals surface area contributed by atoms with Crippen molar-refractivity contribution in [2.24, 2.45) is 0 Å². The summed E-state index contributed by atoms with van der Waals surface area (Å²) >= 11 is 6.27. The molecule has 0 nitrogen and oxygen atoms in total. The number of hydrogen-bond acceptors (Lipinski definition) is 0. The molecule has 0 heterocycles. The number of hydrogen-bond donors (Lipinski definition) is 0. The fourth-order valence-electron chi connectivity index (χ4n) is 0. The van der Waals surface area contributed by atoms with Crippen molar-refractivity contribution in [3.63, 3.8) is 0 Å². The van der Waals surface area contributed by atoms with E-state index in [2.05, 4.69) is 0 Å². The van der Waals surface area contributed by atoms with Crippen LogP contribution in [0.2, 0.25) is 0 Å². The second-order valence-corrected chi connectivity index (χ2v) is 1.69. The molecule has 0 atom stereocenters. The fraction of sp³-hybridized carbons (Fsp3) is 0. The topological polar surface area (TPSA) is 0 Å². The van der Waals surface area contributed by atoms with Gasteiger partial charge in [-0.25, -0.2) is 0 Å². The van der Waals surface area contributed by atoms with Gasteiger partial charge in [-0.15, -0.1) is 0 Å². The molecule has 0 N–H and O–H groups in total. The zero-order chi connectivity index (χ0) is 3.41. The standard InChI is InChI=1S/C2H2Cl.Po.H/c1-2-3;;/h1-2H;;. The van der Waals surface area contributed by atoms with E-state index in [1.54, 1.807) is 0 Å². The van der Waals surface area contributed by atoms with E-state index < -0.39 is 0 Å². The van der Waals surface area contributed by atoms with Gasteiger partial charge in [-0.1, -0.05) is 0 Å². The summed E-state index contributed by atoms with van der Waals surface area (Å²) in [6.45, 7) is 0. The van der Waals surface area contributed by atoms with E-state index in [1.165, 1.54) is 30.6 Å². The molecule has 0 aromatic carbocycles. The molecule has 0 fully saturated rings. The molecule has 0 spiro atoms. The van der Waals surface area contributed by atoms with E-state index in [0.717, 1.165) is 0 Å². The van der Waals surface area contributed by atoms with Crippen LogP contribution in [0.3, 0.4) is 0 Å². The molecule has 4 heavy (non-hydrogen) atoms. The molecular formula is C2H3ClPo. The first-order valence-electron chi connectivity index (χ1n) is 0.810. The van der Waals surface area contributed by atoms with Crippen LogP contribution >= 0.6 is 11.6 Å². The molecule has 24 valence electrons. The van der Waals surface area contributed by atoms with Crippen molar-refractivity contribution >= 4 is 36.7 Å². The van der Waals surface area contributed by atoms with Crippen LogP contribution in [0.25, 0.3) is 0 Å². The van der Waals surface area contributed by atoms with Gasteiger partial charge in [0.05, 0.1) is 0 Å². The summed E-state index contributed by atoms with van der Waals surface area (Å²) in [5, 5.41) is 0. The van der Waals surface area contributed by atoms with Gasteiger partial charge in [0.15, 0.2) is 0 Å². The summed E-state index contributed by atoms with van der Waals surface area (Å²) in [5.41, 5.74) is 1.52. The van der Waals surface area contributed by atoms with E-state index in [4.69, 9.17) is 11.6 Å². The Kier molecular flexibility index (Phi) is 4.84. The molecule has 0 radical (unpaired) electrons. The van der Waals surface area contributed by atoms with Gasteiger partial charge < -0.3 is 0 Å². The maximum absolute atomic E-state index is 5.03. The minimum absolute atomic E-state index is 1.24. The first kappa shape index (κ1) is 4.93. The molecule has 0 rings (SSSR count). The third-order valence-corrected chi connectivity index (χ3v) is 1.48. The molecule has 0 aromatic heterocycles. The van der Waals surface area contributed by atoms with E-state index in [9.17, 15) is 0 Å². The predicted octanol–water partition coefficient (Wildman–Crippen LogP) is 0.597. The molecule has 0 amide bonds. The quantitative estimate of drug-likeness (QED) is 0.605. The van der Waals surface area contributed by atoms with Crippen LogP contribution in [0.15, 0.2) is 9.27 Å². The van der Waals surface area contributed by atoms with E-state index in [-0.39, 0.29) is 0 Å². The van der Waals surface area contributed by atoms with Gasteiger partial charge in [0.25, 0.3) is 0 Å². The molecule has 0 aliphatic heterocycles. The summed E-state index contributed by atoms with van der Waals surface area (Å²) in [4.78, 5) is 0. The van der Waals surface area contributed by atoms with Gasteiger partial charge >= 0.3 is 45.9 Å². The van der Waals surface area contributed by atoms with Crippen molar-refractivity contribution in [3.05, 3.63) is 9.27 Å². The predicted molar refractivity (Wildman–Crippen MR) is 22.1 cm³/mol. The SMILES string of the molecule is ClC=[CH][PoH]. The van der Waals surface area contributed by atoms with Gasteiger partial charge in [0.2, 0.25) is 0 Å². The molecule has 2 heteroatoms. The van der Waals surface area contributed by atoms with Crippen LogP contribution in [0.5, 0.6) is 0 Å². The molecule has 0 aliphatic carbocycles. The Bertz CT molecular complexity index is 21.2. The zero-order valence-electron chi connectivity index (χ0n) is 1.98. The third kappa shape index (κ3) is 2.93. The Morgan fingerprint density at radius 2 is 2.00 bits per heavy atom. The first-order chi connectivity index (χ1) is 1.91. The Labute approximate surface area is 46.0 Å². The van der Waals surface area contributed by atoms with Crippen LogP contribution < -0.4 is 0 Å². The van der Waals surface area contributed by atoms with Crippen LogP contribution in [0, 0.1) is 0 Å². The van der Waals surface area contributed by atoms with Crippen LogP contribution in [-0.2, 0) is 0 Å². The molecule has 0 unspecified atom stereocenters. The summed E-state index contributed by atoms with van der Waals surface area (Å²) in [6, 6.07) is 0. The van der Waals surface area contributed by atoms with Gasteiger partial charge in [-0.3, -0.25) is 0 Å². The van der Waals surface area contributed by atoms with Crippen molar-refractivity contribution < 1.29 is 0 Å². The van der Waals surface area contributed by atoms with Crippen LogP contribution in [0.1, 0.15) is 0 Å². The summed E-state index contributed by atoms with van der Waals surface area (Å²) < 4.78 is 1.88. The van der Waals surface area contributed by atoms with E-state index in [0.29, 0.717) is 0 Å². The summed E-state index contributed by atoms with van der Waals surface area (Å²) in [5.74, 6) is 0. The van der Waals surface area contributed by atoms with Crippen molar-refractivity contribution in [3.8, 4) is 0 Å². The van der Waals surface area contributed by atoms with E-state index >= 15 is 0 Å². The Morgan fingerprint density at radius 1 is 1.75 bits per heavy atom. The third-order valence-electron chi connectivity index (χ3n) is 0.0563. The zero-order valence-corrected chi connectivity index (χ0v) is 6.21. The second-order valence-electron chi connectivity index (χ2n) is 0.275. The Balaban J connectivity index is 2.55. The van der Waals surface area contributed by atoms with Gasteiger partial charge in [-0.05, 0) is 0 Å². The minimum atomic E-state index is 1.24. The van der Waals surface area contributed by atoms with Gasteiger partial charge in [0, 0.05) is 0 Å². The van der Waals surface area contributed by atoms with Crippen molar-refractivity contribution in [1.29, 1.82) is 0 Å². The molecule has 0 saturated carbocycles. The Hall–Kier alpha value is 0.926. The number of rotatable bonds is 0. The van der Waals surface area contributed by atoms with Crippen molar-refractivity contribution in [2.75, 3.05) is 0 Å². The molecule has 0 bridgehead atoms. The average molecular weight is 271 g/mol. The average Bonchev–Trinajstić information content (AvgIpc) is 1.37. The van der Waals surface area contributed by atoms with E-state index in [1.807, 2.05) is 3.73 Å². The molecular weight excluding hydrogens is 268 g/mol. The number of halogens is 1. The second kappa shape index (κ2) is 3.93. The summed E-state index contributed by atoms with van der Waals surface area (Å²) in [7, 11) is 0. The summed E-state index contributed by atoms with van der Waals surface area (Å²) in [6.07, 6.45) is 0. The molecule has 0 aromatic rings. The van der Waals surface area contributed by atoms with Crippen LogP contribution in [-0.4, -0.2) is 25.1 Å². The normalized spacial score (nSPS) is 9.50. The van der Waals surface area contributed by atoms with Gasteiger partial charge in [-0.2, -0.15) is 0 Å². The molecule has 0 saturated heterocycles. The monoisotopic (exact) mass is 271 g/mol. The fourth-order valence-corrected chi connectivity index (χ4v) is 0. The Morgan fingerprint density at radius 3 is 2.00 bits per heavy atom. The maximum atomic E-state index is 5.03. The van der Waals surface area contributed by atoms with Crippen molar-refractivity contribution in [1.82, 2.24) is 0 Å². The molecule has 0 aliphatic rings. The first-order valence-corrected chi connectivity index (χ1v) is 3.25.